The van der Waals surface area contributed by atoms with E-state index in [-0.39, 0.29) is 6.10 Å². The minimum atomic E-state index is 0.251. The van der Waals surface area contributed by atoms with Gasteiger partial charge in [-0.05, 0) is 31.0 Å². The van der Waals surface area contributed by atoms with Gasteiger partial charge < -0.3 is 10.5 Å². The van der Waals surface area contributed by atoms with Crippen LogP contribution in [0, 0.1) is 0 Å². The van der Waals surface area contributed by atoms with Gasteiger partial charge in [-0.15, -0.1) is 0 Å². The quantitative estimate of drug-likeness (QED) is 0.755. The highest BCUT2D eigenvalue weighted by molar-refractivity contribution is 6.32. The first-order valence-corrected chi connectivity index (χ1v) is 6.26. The van der Waals surface area contributed by atoms with Crippen molar-refractivity contribution < 1.29 is 4.74 Å². The Kier molecular flexibility index (Phi) is 5.47. The molecule has 2 N–H and O–H groups in total. The number of nitrogens with two attached hydrogens (primary N) is 1. The fourth-order valence-electron chi connectivity index (χ4n) is 1.57. The Morgan fingerprint density at radius 1 is 1.38 bits per heavy atom. The maximum Gasteiger partial charge on any atom is 0.138 e. The van der Waals surface area contributed by atoms with Crippen LogP contribution in [-0.4, -0.2) is 6.10 Å². The van der Waals surface area contributed by atoms with E-state index in [2.05, 4.69) is 13.8 Å². The Labute approximate surface area is 103 Å². The van der Waals surface area contributed by atoms with Gasteiger partial charge in [0, 0.05) is 5.69 Å². The maximum atomic E-state index is 6.06. The number of hydrogen-bond acceptors (Lipinski definition) is 2. The molecule has 0 fully saturated rings. The Morgan fingerprint density at radius 2 is 2.12 bits per heavy atom. The molecule has 0 aliphatic carbocycles. The van der Waals surface area contributed by atoms with E-state index in [1.54, 1.807) is 6.07 Å². The van der Waals surface area contributed by atoms with Crippen molar-refractivity contribution in [1.29, 1.82) is 0 Å². The van der Waals surface area contributed by atoms with Crippen molar-refractivity contribution in [1.82, 2.24) is 0 Å². The summed E-state index contributed by atoms with van der Waals surface area (Å²) in [5, 5.41) is 0.593. The van der Waals surface area contributed by atoms with Gasteiger partial charge in [0.05, 0.1) is 11.1 Å². The third-order valence-electron chi connectivity index (χ3n) is 2.58. The van der Waals surface area contributed by atoms with Crippen molar-refractivity contribution in [2.24, 2.45) is 0 Å². The second-order valence-electron chi connectivity index (χ2n) is 3.98. The zero-order chi connectivity index (χ0) is 12.0. The average molecular weight is 242 g/mol. The molecule has 3 heteroatoms. The Bertz CT molecular complexity index is 328. The first-order chi connectivity index (χ1) is 7.67. The summed E-state index contributed by atoms with van der Waals surface area (Å²) in [6.07, 6.45) is 4.70. The molecule has 0 saturated heterocycles. The second-order valence-corrected chi connectivity index (χ2v) is 4.39. The van der Waals surface area contributed by atoms with E-state index < -0.39 is 0 Å². The minimum Gasteiger partial charge on any atom is -0.489 e. The summed E-state index contributed by atoms with van der Waals surface area (Å²) < 4.78 is 5.86. The lowest BCUT2D eigenvalue weighted by Gasteiger charge is -2.18. The van der Waals surface area contributed by atoms with E-state index in [1.807, 2.05) is 12.1 Å². The molecule has 1 aromatic rings. The molecular weight excluding hydrogens is 222 g/mol. The summed E-state index contributed by atoms with van der Waals surface area (Å²) in [5.74, 6) is 0.735. The molecule has 0 aromatic heterocycles. The average Bonchev–Trinajstić information content (AvgIpc) is 2.27. The van der Waals surface area contributed by atoms with Crippen LogP contribution in [-0.2, 0) is 0 Å². The maximum absolute atomic E-state index is 6.06. The van der Waals surface area contributed by atoms with Crippen molar-refractivity contribution in [2.75, 3.05) is 5.73 Å². The predicted molar refractivity (Wildman–Crippen MR) is 70.1 cm³/mol. The summed E-state index contributed by atoms with van der Waals surface area (Å²) in [5.41, 5.74) is 6.30. The summed E-state index contributed by atoms with van der Waals surface area (Å²) >= 11 is 6.06. The SMILES string of the molecule is CCCC[C@@H](CC)Oc1ccc(N)cc1Cl. The van der Waals surface area contributed by atoms with Gasteiger partial charge in [-0.1, -0.05) is 38.3 Å². The Hall–Kier alpha value is -0.890. The van der Waals surface area contributed by atoms with Crippen molar-refractivity contribution in [3.63, 3.8) is 0 Å². The molecule has 0 aliphatic rings. The summed E-state index contributed by atoms with van der Waals surface area (Å²) in [4.78, 5) is 0. The first-order valence-electron chi connectivity index (χ1n) is 5.89. The molecule has 0 aliphatic heterocycles. The van der Waals surface area contributed by atoms with Crippen LogP contribution in [0.4, 0.5) is 5.69 Å². The van der Waals surface area contributed by atoms with E-state index in [9.17, 15) is 0 Å². The number of unbranched alkanes of at least 4 members (excludes halogenated alkanes) is 1. The lowest BCUT2D eigenvalue weighted by atomic mass is 10.1. The summed E-state index contributed by atoms with van der Waals surface area (Å²) in [6, 6.07) is 5.38. The highest BCUT2D eigenvalue weighted by Gasteiger charge is 2.10. The Morgan fingerprint density at radius 3 is 2.69 bits per heavy atom. The molecule has 0 spiro atoms. The number of halogens is 1. The molecule has 0 bridgehead atoms. The van der Waals surface area contributed by atoms with Crippen LogP contribution >= 0.6 is 11.6 Å². The molecular formula is C13H20ClNO. The summed E-state index contributed by atoms with van der Waals surface area (Å²) in [6.45, 7) is 4.31. The predicted octanol–water partition coefficient (Wildman–Crippen LogP) is 4.27. The molecule has 0 radical (unpaired) electrons. The number of anilines is 1. The summed E-state index contributed by atoms with van der Waals surface area (Å²) in [7, 11) is 0. The normalized spacial score (nSPS) is 12.4. The monoisotopic (exact) mass is 241 g/mol. The fraction of sp³-hybridized carbons (Fsp3) is 0.538. The highest BCUT2D eigenvalue weighted by atomic mass is 35.5. The van der Waals surface area contributed by atoms with Crippen LogP contribution in [0.5, 0.6) is 5.75 Å². The molecule has 16 heavy (non-hydrogen) atoms. The van der Waals surface area contributed by atoms with Gasteiger partial charge in [0.25, 0.3) is 0 Å². The third kappa shape index (κ3) is 3.93. The van der Waals surface area contributed by atoms with Crippen molar-refractivity contribution in [3.8, 4) is 5.75 Å². The molecule has 0 amide bonds. The third-order valence-corrected chi connectivity index (χ3v) is 2.88. The van der Waals surface area contributed by atoms with Crippen molar-refractivity contribution >= 4 is 17.3 Å². The Balaban J connectivity index is 2.62. The standard InChI is InChI=1S/C13H20ClNO/c1-3-5-6-11(4-2)16-13-8-7-10(15)9-12(13)14/h7-9,11H,3-6,15H2,1-2H3/t11-/m1/s1. The molecule has 1 rings (SSSR count). The van der Waals surface area contributed by atoms with Crippen LogP contribution in [0.15, 0.2) is 18.2 Å². The van der Waals surface area contributed by atoms with E-state index in [0.717, 1.165) is 18.6 Å². The molecule has 0 saturated carbocycles. The van der Waals surface area contributed by atoms with E-state index in [4.69, 9.17) is 22.1 Å². The number of rotatable bonds is 6. The van der Waals surface area contributed by atoms with E-state index in [0.29, 0.717) is 10.7 Å². The topological polar surface area (TPSA) is 35.2 Å². The lowest BCUT2D eigenvalue weighted by Crippen LogP contribution is -2.15. The molecule has 90 valence electrons. The number of ether oxygens (including phenoxy) is 1. The van der Waals surface area contributed by atoms with Gasteiger partial charge >= 0.3 is 0 Å². The number of nitrogen functional groups attached to an aromatic ring is 1. The molecule has 0 heterocycles. The number of hydrogen-bond donors (Lipinski definition) is 1. The van der Waals surface area contributed by atoms with Gasteiger partial charge in [-0.2, -0.15) is 0 Å². The molecule has 1 aromatic carbocycles. The zero-order valence-corrected chi connectivity index (χ0v) is 10.8. The first kappa shape index (κ1) is 13.2. The van der Waals surface area contributed by atoms with Gasteiger partial charge in [0.15, 0.2) is 0 Å². The van der Waals surface area contributed by atoms with Crippen LogP contribution < -0.4 is 10.5 Å². The second kappa shape index (κ2) is 6.64. The largest absolute Gasteiger partial charge is 0.489 e. The van der Waals surface area contributed by atoms with Gasteiger partial charge in [0.2, 0.25) is 0 Å². The van der Waals surface area contributed by atoms with Crippen LogP contribution in [0.2, 0.25) is 5.02 Å². The smallest absolute Gasteiger partial charge is 0.138 e. The molecule has 2 nitrogen and oxygen atoms in total. The van der Waals surface area contributed by atoms with Crippen LogP contribution in [0.1, 0.15) is 39.5 Å². The van der Waals surface area contributed by atoms with Crippen molar-refractivity contribution in [2.45, 2.75) is 45.6 Å². The van der Waals surface area contributed by atoms with Gasteiger partial charge in [0.1, 0.15) is 5.75 Å². The van der Waals surface area contributed by atoms with Crippen LogP contribution in [0.3, 0.4) is 0 Å². The van der Waals surface area contributed by atoms with Gasteiger partial charge in [-0.25, -0.2) is 0 Å². The molecule has 1 atom stereocenters. The highest BCUT2D eigenvalue weighted by Crippen LogP contribution is 2.28. The van der Waals surface area contributed by atoms with Gasteiger partial charge in [-0.3, -0.25) is 0 Å². The minimum absolute atomic E-state index is 0.251. The van der Waals surface area contributed by atoms with Crippen molar-refractivity contribution in [3.05, 3.63) is 23.2 Å². The van der Waals surface area contributed by atoms with E-state index >= 15 is 0 Å². The fourth-order valence-corrected chi connectivity index (χ4v) is 1.80. The lowest BCUT2D eigenvalue weighted by molar-refractivity contribution is 0.183. The van der Waals surface area contributed by atoms with Crippen LogP contribution in [0.25, 0.3) is 0 Å². The van der Waals surface area contributed by atoms with E-state index in [1.165, 1.54) is 12.8 Å². The molecule has 0 unspecified atom stereocenters. The number of benzene rings is 1. The zero-order valence-electron chi connectivity index (χ0n) is 10.0.